The van der Waals surface area contributed by atoms with Crippen molar-refractivity contribution in [1.82, 2.24) is 4.98 Å². The lowest BCUT2D eigenvalue weighted by Crippen LogP contribution is -2.15. The van der Waals surface area contributed by atoms with Crippen molar-refractivity contribution in [3.05, 3.63) is 71.5 Å². The summed E-state index contributed by atoms with van der Waals surface area (Å²) in [5, 5.41) is 2.22. The average molecular weight is 278 g/mol. The Morgan fingerprint density at radius 3 is 2.71 bits per heavy atom. The van der Waals surface area contributed by atoms with Gasteiger partial charge in [0.05, 0.1) is 18.8 Å². The maximum Gasteiger partial charge on any atom is 0.124 e. The van der Waals surface area contributed by atoms with Crippen LogP contribution in [0.1, 0.15) is 22.9 Å². The lowest BCUT2D eigenvalue weighted by Gasteiger charge is -2.17. The van der Waals surface area contributed by atoms with Gasteiger partial charge in [-0.2, -0.15) is 0 Å². The average Bonchev–Trinajstić information content (AvgIpc) is 2.53. The Balaban J connectivity index is 2.17. The first kappa shape index (κ1) is 13.6. The van der Waals surface area contributed by atoms with Gasteiger partial charge >= 0.3 is 0 Å². The normalized spacial score (nSPS) is 12.3. The first-order valence-electron chi connectivity index (χ1n) is 6.94. The van der Waals surface area contributed by atoms with Gasteiger partial charge in [-0.05, 0) is 24.4 Å². The van der Waals surface area contributed by atoms with Gasteiger partial charge in [-0.25, -0.2) is 0 Å². The SMILES string of the molecule is COc1ccc(C)cc1C(N)c1nccc2ccccc12. The number of nitrogens with zero attached hydrogens (tertiary/aromatic N) is 1. The van der Waals surface area contributed by atoms with Gasteiger partial charge in [0.2, 0.25) is 0 Å². The summed E-state index contributed by atoms with van der Waals surface area (Å²) < 4.78 is 5.45. The molecular formula is C18H18N2O. The first-order valence-corrected chi connectivity index (χ1v) is 6.94. The largest absolute Gasteiger partial charge is 0.496 e. The molecular weight excluding hydrogens is 260 g/mol. The number of rotatable bonds is 3. The summed E-state index contributed by atoms with van der Waals surface area (Å²) in [4.78, 5) is 4.51. The lowest BCUT2D eigenvalue weighted by molar-refractivity contribution is 0.407. The zero-order chi connectivity index (χ0) is 14.8. The lowest BCUT2D eigenvalue weighted by atomic mass is 9.97. The molecule has 1 heterocycles. The van der Waals surface area contributed by atoms with Gasteiger partial charge in [-0.15, -0.1) is 0 Å². The monoisotopic (exact) mass is 278 g/mol. The number of fused-ring (bicyclic) bond motifs is 1. The van der Waals surface area contributed by atoms with Crippen molar-refractivity contribution in [2.45, 2.75) is 13.0 Å². The van der Waals surface area contributed by atoms with E-state index in [9.17, 15) is 0 Å². The molecule has 1 aromatic heterocycles. The van der Waals surface area contributed by atoms with Crippen molar-refractivity contribution in [3.63, 3.8) is 0 Å². The Hall–Kier alpha value is -2.39. The molecule has 0 saturated carbocycles. The molecule has 21 heavy (non-hydrogen) atoms. The number of ether oxygens (including phenoxy) is 1. The quantitative estimate of drug-likeness (QED) is 0.796. The number of methoxy groups -OCH3 is 1. The van der Waals surface area contributed by atoms with Crippen molar-refractivity contribution in [3.8, 4) is 5.75 Å². The number of nitrogens with two attached hydrogens (primary N) is 1. The highest BCUT2D eigenvalue weighted by Gasteiger charge is 2.17. The smallest absolute Gasteiger partial charge is 0.124 e. The van der Waals surface area contributed by atoms with E-state index in [1.165, 1.54) is 0 Å². The van der Waals surface area contributed by atoms with Crippen LogP contribution in [-0.2, 0) is 0 Å². The topological polar surface area (TPSA) is 48.1 Å². The summed E-state index contributed by atoms with van der Waals surface area (Å²) in [7, 11) is 1.66. The van der Waals surface area contributed by atoms with E-state index >= 15 is 0 Å². The van der Waals surface area contributed by atoms with E-state index in [1.54, 1.807) is 13.3 Å². The first-order chi connectivity index (χ1) is 10.2. The summed E-state index contributed by atoms with van der Waals surface area (Å²) >= 11 is 0. The Labute approximate surface area is 124 Å². The Bertz CT molecular complexity index is 778. The third-order valence-corrected chi connectivity index (χ3v) is 3.72. The molecule has 0 aliphatic heterocycles. The molecule has 0 bridgehead atoms. The van der Waals surface area contributed by atoms with Gasteiger partial charge in [-0.1, -0.05) is 42.0 Å². The van der Waals surface area contributed by atoms with Gasteiger partial charge in [0, 0.05) is 17.1 Å². The summed E-state index contributed by atoms with van der Waals surface area (Å²) in [6.07, 6.45) is 1.81. The number of pyridine rings is 1. The molecule has 1 unspecified atom stereocenters. The van der Waals surface area contributed by atoms with Crippen LogP contribution in [0.15, 0.2) is 54.7 Å². The number of hydrogen-bond donors (Lipinski definition) is 1. The van der Waals surface area contributed by atoms with E-state index in [2.05, 4.69) is 23.2 Å². The summed E-state index contributed by atoms with van der Waals surface area (Å²) in [6.45, 7) is 2.05. The molecule has 106 valence electrons. The Kier molecular flexibility index (Phi) is 3.59. The van der Waals surface area contributed by atoms with Crippen molar-refractivity contribution >= 4 is 10.8 Å². The van der Waals surface area contributed by atoms with Gasteiger partial charge in [0.15, 0.2) is 0 Å². The van der Waals surface area contributed by atoms with Crippen LogP contribution in [0.3, 0.4) is 0 Å². The van der Waals surface area contributed by atoms with Crippen LogP contribution in [0.2, 0.25) is 0 Å². The van der Waals surface area contributed by atoms with Gasteiger partial charge < -0.3 is 10.5 Å². The molecule has 3 heteroatoms. The molecule has 0 amide bonds. The molecule has 3 aromatic rings. The number of aromatic nitrogens is 1. The van der Waals surface area contributed by atoms with Crippen molar-refractivity contribution in [2.24, 2.45) is 5.73 Å². The highest BCUT2D eigenvalue weighted by Crippen LogP contribution is 2.31. The van der Waals surface area contributed by atoms with Gasteiger partial charge in [-0.3, -0.25) is 4.98 Å². The van der Waals surface area contributed by atoms with E-state index in [0.717, 1.165) is 33.3 Å². The second kappa shape index (κ2) is 5.54. The van der Waals surface area contributed by atoms with E-state index in [0.29, 0.717) is 0 Å². The van der Waals surface area contributed by atoms with E-state index in [4.69, 9.17) is 10.5 Å². The van der Waals surface area contributed by atoms with E-state index in [-0.39, 0.29) is 6.04 Å². The number of aryl methyl sites for hydroxylation is 1. The number of hydrogen-bond acceptors (Lipinski definition) is 3. The molecule has 0 aliphatic carbocycles. The predicted octanol–water partition coefficient (Wildman–Crippen LogP) is 3.60. The fraction of sp³-hybridized carbons (Fsp3) is 0.167. The number of benzene rings is 2. The van der Waals surface area contributed by atoms with Crippen molar-refractivity contribution < 1.29 is 4.74 Å². The highest BCUT2D eigenvalue weighted by atomic mass is 16.5. The fourth-order valence-corrected chi connectivity index (χ4v) is 2.63. The zero-order valence-electron chi connectivity index (χ0n) is 12.2. The second-order valence-electron chi connectivity index (χ2n) is 5.14. The third kappa shape index (κ3) is 2.48. The molecule has 1 atom stereocenters. The summed E-state index contributed by atoms with van der Waals surface area (Å²) in [5.74, 6) is 0.794. The minimum Gasteiger partial charge on any atom is -0.496 e. The molecule has 0 spiro atoms. The molecule has 3 rings (SSSR count). The van der Waals surface area contributed by atoms with Crippen LogP contribution in [-0.4, -0.2) is 12.1 Å². The molecule has 0 saturated heterocycles. The van der Waals surface area contributed by atoms with Crippen LogP contribution in [0, 0.1) is 6.92 Å². The molecule has 2 aromatic carbocycles. The minimum atomic E-state index is -0.314. The maximum absolute atomic E-state index is 6.49. The maximum atomic E-state index is 6.49. The Morgan fingerprint density at radius 1 is 1.10 bits per heavy atom. The Morgan fingerprint density at radius 2 is 1.90 bits per heavy atom. The second-order valence-corrected chi connectivity index (χ2v) is 5.14. The molecule has 0 fully saturated rings. The molecule has 3 nitrogen and oxygen atoms in total. The summed E-state index contributed by atoms with van der Waals surface area (Å²) in [6, 6.07) is 15.9. The van der Waals surface area contributed by atoms with Gasteiger partial charge in [0.1, 0.15) is 5.75 Å². The van der Waals surface area contributed by atoms with Crippen LogP contribution in [0.5, 0.6) is 5.75 Å². The van der Waals surface area contributed by atoms with Gasteiger partial charge in [0.25, 0.3) is 0 Å². The van der Waals surface area contributed by atoms with Crippen molar-refractivity contribution in [1.29, 1.82) is 0 Å². The third-order valence-electron chi connectivity index (χ3n) is 3.72. The van der Waals surface area contributed by atoms with E-state index < -0.39 is 0 Å². The summed E-state index contributed by atoms with van der Waals surface area (Å²) in [5.41, 5.74) is 9.47. The van der Waals surface area contributed by atoms with Crippen LogP contribution >= 0.6 is 0 Å². The van der Waals surface area contributed by atoms with E-state index in [1.807, 2.05) is 37.3 Å². The molecule has 0 aliphatic rings. The minimum absolute atomic E-state index is 0.314. The van der Waals surface area contributed by atoms with Crippen LogP contribution < -0.4 is 10.5 Å². The highest BCUT2D eigenvalue weighted by molar-refractivity contribution is 5.85. The zero-order valence-corrected chi connectivity index (χ0v) is 12.2. The fourth-order valence-electron chi connectivity index (χ4n) is 2.63. The predicted molar refractivity (Wildman–Crippen MR) is 85.5 cm³/mol. The van der Waals surface area contributed by atoms with Crippen molar-refractivity contribution in [2.75, 3.05) is 7.11 Å². The standard InChI is InChI=1S/C18H18N2O/c1-12-7-8-16(21-2)15(11-12)17(19)18-14-6-4-3-5-13(14)9-10-20-18/h3-11,17H,19H2,1-2H3. The van der Waals surface area contributed by atoms with Crippen LogP contribution in [0.4, 0.5) is 0 Å². The van der Waals surface area contributed by atoms with Crippen LogP contribution in [0.25, 0.3) is 10.8 Å². The molecule has 2 N–H and O–H groups in total. The molecule has 0 radical (unpaired) electrons.